The van der Waals surface area contributed by atoms with Crippen molar-refractivity contribution in [2.24, 2.45) is 0 Å². The van der Waals surface area contributed by atoms with Crippen molar-refractivity contribution in [2.45, 2.75) is 51.1 Å². The Morgan fingerprint density at radius 2 is 2.18 bits per heavy atom. The fourth-order valence-electron chi connectivity index (χ4n) is 2.19. The summed E-state index contributed by atoms with van der Waals surface area (Å²) < 4.78 is 5.26. The van der Waals surface area contributed by atoms with E-state index in [1.165, 1.54) is 25.7 Å². The van der Waals surface area contributed by atoms with E-state index < -0.39 is 0 Å². The highest BCUT2D eigenvalue weighted by Crippen LogP contribution is 2.32. The first-order chi connectivity index (χ1) is 8.20. The van der Waals surface area contributed by atoms with E-state index in [-0.39, 0.29) is 12.6 Å². The van der Waals surface area contributed by atoms with Crippen LogP contribution in [0.3, 0.4) is 0 Å². The molecule has 2 rings (SSSR count). The molecule has 1 aliphatic rings. The molecule has 1 saturated carbocycles. The van der Waals surface area contributed by atoms with Crippen molar-refractivity contribution in [1.82, 2.24) is 15.0 Å². The number of aromatic nitrogens is 2. The lowest BCUT2D eigenvalue weighted by atomic mass is 10.1. The lowest BCUT2D eigenvalue weighted by Crippen LogP contribution is -2.31. The van der Waals surface area contributed by atoms with Crippen molar-refractivity contribution in [1.29, 1.82) is 0 Å². The van der Waals surface area contributed by atoms with Crippen LogP contribution in [0.5, 0.6) is 0 Å². The summed E-state index contributed by atoms with van der Waals surface area (Å²) in [6.45, 7) is 2.70. The minimum Gasteiger partial charge on any atom is -0.395 e. The standard InChI is InChI=1S/C12H21N3O2/c1-9(8-16)15(2)7-11-13-12(14-17-11)10-5-3-4-6-10/h9-10,16H,3-8H2,1-2H3. The number of hydrogen-bond acceptors (Lipinski definition) is 5. The summed E-state index contributed by atoms with van der Waals surface area (Å²) in [5, 5.41) is 13.1. The molecule has 1 atom stereocenters. The minimum absolute atomic E-state index is 0.108. The fourth-order valence-corrected chi connectivity index (χ4v) is 2.19. The van der Waals surface area contributed by atoms with Crippen LogP contribution in [0.1, 0.15) is 50.2 Å². The van der Waals surface area contributed by atoms with Gasteiger partial charge >= 0.3 is 0 Å². The Labute approximate surface area is 102 Å². The summed E-state index contributed by atoms with van der Waals surface area (Å²) in [5.74, 6) is 2.00. The van der Waals surface area contributed by atoms with Gasteiger partial charge in [-0.25, -0.2) is 0 Å². The number of aliphatic hydroxyl groups excluding tert-OH is 1. The third-order valence-corrected chi connectivity index (χ3v) is 3.61. The van der Waals surface area contributed by atoms with Crippen molar-refractivity contribution >= 4 is 0 Å². The highest BCUT2D eigenvalue weighted by molar-refractivity contribution is 4.97. The molecule has 1 N–H and O–H groups in total. The average molecular weight is 239 g/mol. The van der Waals surface area contributed by atoms with Gasteiger partial charge in [-0.15, -0.1) is 0 Å². The summed E-state index contributed by atoms with van der Waals surface area (Å²) in [4.78, 5) is 6.45. The predicted octanol–water partition coefficient (Wildman–Crippen LogP) is 1.54. The zero-order valence-corrected chi connectivity index (χ0v) is 10.6. The van der Waals surface area contributed by atoms with Crippen LogP contribution in [0, 0.1) is 0 Å². The second kappa shape index (κ2) is 5.60. The van der Waals surface area contributed by atoms with Gasteiger partial charge in [-0.3, -0.25) is 4.90 Å². The number of hydrogen-bond donors (Lipinski definition) is 1. The maximum absolute atomic E-state index is 9.05. The predicted molar refractivity (Wildman–Crippen MR) is 63.5 cm³/mol. The molecule has 0 radical (unpaired) electrons. The molecule has 1 aliphatic carbocycles. The summed E-state index contributed by atoms with van der Waals surface area (Å²) in [6.07, 6.45) is 4.91. The summed E-state index contributed by atoms with van der Waals surface area (Å²) in [7, 11) is 1.94. The number of aliphatic hydroxyl groups is 1. The molecule has 0 aliphatic heterocycles. The van der Waals surface area contributed by atoms with Gasteiger partial charge in [0.15, 0.2) is 5.82 Å². The van der Waals surface area contributed by atoms with Crippen molar-refractivity contribution in [2.75, 3.05) is 13.7 Å². The summed E-state index contributed by atoms with van der Waals surface area (Å²) >= 11 is 0. The van der Waals surface area contributed by atoms with E-state index in [0.29, 0.717) is 18.4 Å². The molecule has 96 valence electrons. The first-order valence-corrected chi connectivity index (χ1v) is 6.34. The van der Waals surface area contributed by atoms with Crippen LogP contribution in [0.15, 0.2) is 4.52 Å². The molecule has 0 amide bonds. The normalized spacial score (nSPS) is 19.1. The highest BCUT2D eigenvalue weighted by atomic mass is 16.5. The van der Waals surface area contributed by atoms with E-state index in [0.717, 1.165) is 5.82 Å². The van der Waals surface area contributed by atoms with Crippen molar-refractivity contribution < 1.29 is 9.63 Å². The molecule has 1 fully saturated rings. The van der Waals surface area contributed by atoms with Crippen molar-refractivity contribution in [3.8, 4) is 0 Å². The molecule has 1 aromatic rings. The fraction of sp³-hybridized carbons (Fsp3) is 0.833. The maximum Gasteiger partial charge on any atom is 0.240 e. The molecule has 17 heavy (non-hydrogen) atoms. The van der Waals surface area contributed by atoms with E-state index >= 15 is 0 Å². The van der Waals surface area contributed by atoms with Gasteiger partial charge in [0.1, 0.15) is 0 Å². The molecule has 1 aromatic heterocycles. The van der Waals surface area contributed by atoms with Gasteiger partial charge in [-0.05, 0) is 26.8 Å². The lowest BCUT2D eigenvalue weighted by Gasteiger charge is -2.20. The van der Waals surface area contributed by atoms with Gasteiger partial charge in [0.25, 0.3) is 0 Å². The second-order valence-electron chi connectivity index (χ2n) is 4.97. The average Bonchev–Trinajstić information content (AvgIpc) is 2.97. The summed E-state index contributed by atoms with van der Waals surface area (Å²) in [6, 6.07) is 0.108. The monoisotopic (exact) mass is 239 g/mol. The Hall–Kier alpha value is -0.940. The third-order valence-electron chi connectivity index (χ3n) is 3.61. The molecule has 1 heterocycles. The van der Waals surface area contributed by atoms with Crippen LogP contribution in [0.25, 0.3) is 0 Å². The molecule has 1 unspecified atom stereocenters. The Kier molecular flexibility index (Phi) is 4.12. The van der Waals surface area contributed by atoms with E-state index in [4.69, 9.17) is 9.63 Å². The van der Waals surface area contributed by atoms with Crippen molar-refractivity contribution in [3.63, 3.8) is 0 Å². The topological polar surface area (TPSA) is 62.4 Å². The van der Waals surface area contributed by atoms with E-state index in [9.17, 15) is 0 Å². The second-order valence-corrected chi connectivity index (χ2v) is 4.97. The molecule has 0 spiro atoms. The zero-order valence-electron chi connectivity index (χ0n) is 10.6. The van der Waals surface area contributed by atoms with Gasteiger partial charge in [-0.2, -0.15) is 4.98 Å². The van der Waals surface area contributed by atoms with E-state index in [1.807, 2.05) is 18.9 Å². The maximum atomic E-state index is 9.05. The zero-order chi connectivity index (χ0) is 12.3. The van der Waals surface area contributed by atoms with E-state index in [1.54, 1.807) is 0 Å². The number of likely N-dealkylation sites (N-methyl/N-ethyl adjacent to an activating group) is 1. The molecular formula is C12H21N3O2. The van der Waals surface area contributed by atoms with Crippen LogP contribution in [-0.4, -0.2) is 39.8 Å². The first kappa shape index (κ1) is 12.5. The molecule has 0 bridgehead atoms. The van der Waals surface area contributed by atoms with Gasteiger partial charge < -0.3 is 9.63 Å². The van der Waals surface area contributed by atoms with Gasteiger partial charge in [0, 0.05) is 12.0 Å². The van der Waals surface area contributed by atoms with Crippen LogP contribution in [-0.2, 0) is 6.54 Å². The smallest absolute Gasteiger partial charge is 0.240 e. The Morgan fingerprint density at radius 3 is 2.82 bits per heavy atom. The van der Waals surface area contributed by atoms with Crippen LogP contribution >= 0.6 is 0 Å². The van der Waals surface area contributed by atoms with Gasteiger partial charge in [0.05, 0.1) is 13.2 Å². The van der Waals surface area contributed by atoms with Gasteiger partial charge in [-0.1, -0.05) is 18.0 Å². The Balaban J connectivity index is 1.93. The first-order valence-electron chi connectivity index (χ1n) is 6.34. The Bertz CT molecular complexity index is 347. The van der Waals surface area contributed by atoms with Crippen LogP contribution in [0.4, 0.5) is 0 Å². The highest BCUT2D eigenvalue weighted by Gasteiger charge is 2.22. The number of nitrogens with zero attached hydrogens (tertiary/aromatic N) is 3. The molecule has 5 heteroatoms. The third kappa shape index (κ3) is 3.04. The largest absolute Gasteiger partial charge is 0.395 e. The SMILES string of the molecule is CC(CO)N(C)Cc1nc(C2CCCC2)no1. The Morgan fingerprint density at radius 1 is 1.47 bits per heavy atom. The summed E-state index contributed by atoms with van der Waals surface area (Å²) in [5.41, 5.74) is 0. The van der Waals surface area contributed by atoms with Crippen molar-refractivity contribution in [3.05, 3.63) is 11.7 Å². The quantitative estimate of drug-likeness (QED) is 0.844. The lowest BCUT2D eigenvalue weighted by molar-refractivity contribution is 0.142. The molecule has 0 saturated heterocycles. The number of rotatable bonds is 5. The molecule has 0 aromatic carbocycles. The molecular weight excluding hydrogens is 218 g/mol. The minimum atomic E-state index is 0.108. The molecule has 5 nitrogen and oxygen atoms in total. The van der Waals surface area contributed by atoms with Gasteiger partial charge in [0.2, 0.25) is 5.89 Å². The van der Waals surface area contributed by atoms with Crippen LogP contribution in [0.2, 0.25) is 0 Å². The van der Waals surface area contributed by atoms with E-state index in [2.05, 4.69) is 10.1 Å². The van der Waals surface area contributed by atoms with Crippen LogP contribution < -0.4 is 0 Å².